The fraction of sp³-hybridized carbons (Fsp3) is 0.533. The summed E-state index contributed by atoms with van der Waals surface area (Å²) in [5.74, 6) is 0.157. The molecule has 0 bridgehead atoms. The number of aryl methyl sites for hydroxylation is 1. The van der Waals surface area contributed by atoms with E-state index in [9.17, 15) is 4.79 Å². The molecule has 104 valence electrons. The van der Waals surface area contributed by atoms with Gasteiger partial charge in [0, 0.05) is 37.4 Å². The molecule has 0 spiro atoms. The molecule has 19 heavy (non-hydrogen) atoms. The summed E-state index contributed by atoms with van der Waals surface area (Å²) in [7, 11) is 6.04. The first-order chi connectivity index (χ1) is 9.02. The highest BCUT2D eigenvalue weighted by atomic mass is 16.2. The van der Waals surface area contributed by atoms with Gasteiger partial charge in [0.25, 0.3) is 5.91 Å². The van der Waals surface area contributed by atoms with E-state index in [1.54, 1.807) is 0 Å². The lowest BCUT2D eigenvalue weighted by Crippen LogP contribution is -2.34. The van der Waals surface area contributed by atoms with Gasteiger partial charge in [-0.2, -0.15) is 0 Å². The lowest BCUT2D eigenvalue weighted by molar-refractivity contribution is 0.0782. The molecule has 1 fully saturated rings. The zero-order valence-corrected chi connectivity index (χ0v) is 12.2. The number of anilines is 1. The summed E-state index contributed by atoms with van der Waals surface area (Å²) in [4.78, 5) is 16.7. The molecule has 1 unspecified atom stereocenters. The number of likely N-dealkylation sites (tertiary alicyclic amines) is 1. The minimum absolute atomic E-state index is 0.157. The van der Waals surface area contributed by atoms with E-state index in [1.165, 1.54) is 0 Å². The molecule has 0 aliphatic carbocycles. The predicted molar refractivity (Wildman–Crippen MR) is 78.7 cm³/mol. The highest BCUT2D eigenvalue weighted by molar-refractivity contribution is 5.96. The van der Waals surface area contributed by atoms with Gasteiger partial charge in [-0.3, -0.25) is 4.79 Å². The smallest absolute Gasteiger partial charge is 0.254 e. The summed E-state index contributed by atoms with van der Waals surface area (Å²) in [5, 5.41) is 3.09. The Morgan fingerprint density at radius 1 is 1.42 bits per heavy atom. The Bertz CT molecular complexity index is 470. The monoisotopic (exact) mass is 261 g/mol. The third-order valence-electron chi connectivity index (χ3n) is 3.93. The van der Waals surface area contributed by atoms with Gasteiger partial charge in [0.1, 0.15) is 0 Å². The molecule has 1 saturated heterocycles. The van der Waals surface area contributed by atoms with Crippen molar-refractivity contribution in [2.24, 2.45) is 0 Å². The maximum absolute atomic E-state index is 12.5. The number of carbonyl (C=O) groups excluding carboxylic acids is 1. The lowest BCUT2D eigenvalue weighted by Gasteiger charge is -2.21. The fourth-order valence-electron chi connectivity index (χ4n) is 2.58. The molecule has 1 aromatic carbocycles. The van der Waals surface area contributed by atoms with Gasteiger partial charge in [-0.25, -0.2) is 0 Å². The van der Waals surface area contributed by atoms with E-state index in [-0.39, 0.29) is 5.91 Å². The second kappa shape index (κ2) is 5.61. The van der Waals surface area contributed by atoms with E-state index < -0.39 is 0 Å². The third kappa shape index (κ3) is 2.89. The second-order valence-electron chi connectivity index (χ2n) is 5.44. The number of nitrogens with one attached hydrogen (secondary N) is 1. The fourth-order valence-corrected chi connectivity index (χ4v) is 2.58. The molecular weight excluding hydrogens is 238 g/mol. The molecule has 0 saturated carbocycles. The van der Waals surface area contributed by atoms with Crippen LogP contribution in [0.2, 0.25) is 0 Å². The Hall–Kier alpha value is -1.55. The van der Waals surface area contributed by atoms with Crippen molar-refractivity contribution >= 4 is 11.6 Å². The molecule has 1 aromatic rings. The van der Waals surface area contributed by atoms with Gasteiger partial charge in [-0.1, -0.05) is 0 Å². The highest BCUT2D eigenvalue weighted by Crippen LogP contribution is 2.20. The van der Waals surface area contributed by atoms with Crippen LogP contribution in [-0.4, -0.2) is 56.0 Å². The van der Waals surface area contributed by atoms with Crippen LogP contribution in [0, 0.1) is 6.92 Å². The second-order valence-corrected chi connectivity index (χ2v) is 5.44. The molecule has 0 aromatic heterocycles. The van der Waals surface area contributed by atoms with Gasteiger partial charge in [-0.15, -0.1) is 0 Å². The average Bonchev–Trinajstić information content (AvgIpc) is 2.87. The number of amides is 1. The SMILES string of the molecule is CNc1ccc(C(=O)N2CCC(N(C)C)C2)c(C)c1. The molecule has 1 N–H and O–H groups in total. The number of hydrogen-bond acceptors (Lipinski definition) is 3. The van der Waals surface area contributed by atoms with Crippen molar-refractivity contribution in [2.75, 3.05) is 39.5 Å². The van der Waals surface area contributed by atoms with E-state index in [0.29, 0.717) is 6.04 Å². The number of carbonyl (C=O) groups is 1. The Kier molecular flexibility index (Phi) is 4.10. The van der Waals surface area contributed by atoms with Crippen LogP contribution in [0.25, 0.3) is 0 Å². The van der Waals surface area contributed by atoms with Crippen molar-refractivity contribution in [2.45, 2.75) is 19.4 Å². The van der Waals surface area contributed by atoms with Gasteiger partial charge < -0.3 is 15.1 Å². The molecule has 1 atom stereocenters. The molecule has 1 heterocycles. The average molecular weight is 261 g/mol. The van der Waals surface area contributed by atoms with Crippen LogP contribution in [0.1, 0.15) is 22.3 Å². The minimum Gasteiger partial charge on any atom is -0.388 e. The lowest BCUT2D eigenvalue weighted by atomic mass is 10.1. The number of nitrogens with zero attached hydrogens (tertiary/aromatic N) is 2. The highest BCUT2D eigenvalue weighted by Gasteiger charge is 2.28. The van der Waals surface area contributed by atoms with E-state index in [4.69, 9.17) is 0 Å². The van der Waals surface area contributed by atoms with Crippen molar-refractivity contribution in [1.29, 1.82) is 0 Å². The summed E-state index contributed by atoms with van der Waals surface area (Å²) in [6.07, 6.45) is 1.06. The van der Waals surface area contributed by atoms with Gasteiger partial charge in [-0.05, 0) is 51.2 Å². The number of likely N-dealkylation sites (N-methyl/N-ethyl adjacent to an activating group) is 1. The number of rotatable bonds is 3. The van der Waals surface area contributed by atoms with Gasteiger partial charge in [0.2, 0.25) is 0 Å². The normalized spacial score (nSPS) is 19.0. The van der Waals surface area contributed by atoms with Crippen LogP contribution in [0.5, 0.6) is 0 Å². The summed E-state index contributed by atoms with van der Waals surface area (Å²) in [6, 6.07) is 6.39. The molecular formula is C15H23N3O. The van der Waals surface area contributed by atoms with Crippen molar-refractivity contribution in [1.82, 2.24) is 9.80 Å². The molecule has 4 nitrogen and oxygen atoms in total. The van der Waals surface area contributed by atoms with Crippen LogP contribution < -0.4 is 5.32 Å². The van der Waals surface area contributed by atoms with Gasteiger partial charge >= 0.3 is 0 Å². The minimum atomic E-state index is 0.157. The van der Waals surface area contributed by atoms with E-state index in [1.807, 2.05) is 37.1 Å². The first-order valence-electron chi connectivity index (χ1n) is 6.77. The van der Waals surface area contributed by atoms with Crippen LogP contribution in [0.15, 0.2) is 18.2 Å². The van der Waals surface area contributed by atoms with Gasteiger partial charge in [0.05, 0.1) is 0 Å². The predicted octanol–water partition coefficient (Wildman–Crippen LogP) is 1.81. The van der Waals surface area contributed by atoms with Crippen molar-refractivity contribution in [3.63, 3.8) is 0 Å². The van der Waals surface area contributed by atoms with Crippen LogP contribution in [0.3, 0.4) is 0 Å². The quantitative estimate of drug-likeness (QED) is 0.901. The zero-order valence-electron chi connectivity index (χ0n) is 12.2. The van der Waals surface area contributed by atoms with E-state index >= 15 is 0 Å². The first-order valence-corrected chi connectivity index (χ1v) is 6.77. The van der Waals surface area contributed by atoms with Crippen LogP contribution in [0.4, 0.5) is 5.69 Å². The standard InChI is InChI=1S/C15H23N3O/c1-11-9-12(16-2)5-6-14(11)15(19)18-8-7-13(10-18)17(3)4/h5-6,9,13,16H,7-8,10H2,1-4H3. The van der Waals surface area contributed by atoms with E-state index in [2.05, 4.69) is 24.3 Å². The number of hydrogen-bond donors (Lipinski definition) is 1. The summed E-state index contributed by atoms with van der Waals surface area (Å²) >= 11 is 0. The maximum Gasteiger partial charge on any atom is 0.254 e. The van der Waals surface area contributed by atoms with Crippen LogP contribution >= 0.6 is 0 Å². The molecule has 1 amide bonds. The maximum atomic E-state index is 12.5. The van der Waals surface area contributed by atoms with Crippen molar-refractivity contribution in [3.8, 4) is 0 Å². The molecule has 4 heteroatoms. The van der Waals surface area contributed by atoms with Crippen molar-refractivity contribution in [3.05, 3.63) is 29.3 Å². The molecule has 0 radical (unpaired) electrons. The first kappa shape index (κ1) is 13.9. The molecule has 1 aliphatic rings. The van der Waals surface area contributed by atoms with E-state index in [0.717, 1.165) is 36.3 Å². The largest absolute Gasteiger partial charge is 0.388 e. The number of benzene rings is 1. The third-order valence-corrected chi connectivity index (χ3v) is 3.93. The topological polar surface area (TPSA) is 35.6 Å². The molecule has 2 rings (SSSR count). The summed E-state index contributed by atoms with van der Waals surface area (Å²) in [6.45, 7) is 3.68. The summed E-state index contributed by atoms with van der Waals surface area (Å²) in [5.41, 5.74) is 2.89. The Balaban J connectivity index is 2.12. The summed E-state index contributed by atoms with van der Waals surface area (Å²) < 4.78 is 0. The van der Waals surface area contributed by atoms with Crippen LogP contribution in [-0.2, 0) is 0 Å². The Labute approximate surface area is 115 Å². The van der Waals surface area contributed by atoms with Gasteiger partial charge in [0.15, 0.2) is 0 Å². The Morgan fingerprint density at radius 3 is 2.68 bits per heavy atom. The Morgan fingerprint density at radius 2 is 2.16 bits per heavy atom. The zero-order chi connectivity index (χ0) is 14.0. The molecule has 1 aliphatic heterocycles. The van der Waals surface area contributed by atoms with Crippen molar-refractivity contribution < 1.29 is 4.79 Å².